The number of nitrogens with two attached hydrogens (primary N) is 1. The Hall–Kier alpha value is -0.0000000000000000555. The third-order valence-corrected chi connectivity index (χ3v) is 3.37. The van der Waals surface area contributed by atoms with Gasteiger partial charge in [0.2, 0.25) is 0 Å². The monoisotopic (exact) mass is 277 g/mol. The van der Waals surface area contributed by atoms with Gasteiger partial charge in [-0.3, -0.25) is 4.68 Å². The second kappa shape index (κ2) is 5.78. The van der Waals surface area contributed by atoms with Gasteiger partial charge < -0.3 is 5.73 Å². The van der Waals surface area contributed by atoms with Gasteiger partial charge in [0.05, 0.1) is 16.4 Å². The normalized spacial score (nSPS) is 13.1. The Labute approximate surface area is 97.6 Å². The van der Waals surface area contributed by atoms with Gasteiger partial charge in [0.1, 0.15) is 0 Å². The number of thioether (sulfide) groups is 1. The molecule has 1 unspecified atom stereocenters. The van der Waals surface area contributed by atoms with Crippen LogP contribution in [-0.4, -0.2) is 21.8 Å². The van der Waals surface area contributed by atoms with Crippen molar-refractivity contribution in [3.8, 4) is 0 Å². The van der Waals surface area contributed by atoms with Crippen LogP contribution in [0.25, 0.3) is 0 Å². The minimum Gasteiger partial charge on any atom is -0.323 e. The van der Waals surface area contributed by atoms with E-state index in [9.17, 15) is 0 Å². The molecule has 5 heteroatoms. The van der Waals surface area contributed by atoms with Crippen molar-refractivity contribution in [3.05, 3.63) is 16.4 Å². The summed E-state index contributed by atoms with van der Waals surface area (Å²) in [5, 5.41) is 4.25. The molecule has 0 saturated heterocycles. The van der Waals surface area contributed by atoms with Crippen molar-refractivity contribution in [2.75, 3.05) is 12.0 Å². The van der Waals surface area contributed by atoms with Gasteiger partial charge in [-0.05, 0) is 41.3 Å². The molecule has 1 aromatic heterocycles. The van der Waals surface area contributed by atoms with Crippen LogP contribution in [0.5, 0.6) is 0 Å². The number of halogens is 1. The van der Waals surface area contributed by atoms with Crippen LogP contribution in [-0.2, 0) is 6.54 Å². The van der Waals surface area contributed by atoms with E-state index < -0.39 is 0 Å². The lowest BCUT2D eigenvalue weighted by molar-refractivity contribution is 0.562. The van der Waals surface area contributed by atoms with E-state index in [1.54, 1.807) is 0 Å². The Bertz CT molecular complexity index is 288. The first-order chi connectivity index (χ1) is 6.70. The van der Waals surface area contributed by atoms with Crippen LogP contribution in [0, 0.1) is 0 Å². The molecule has 0 aromatic carbocycles. The maximum Gasteiger partial charge on any atom is 0.0693 e. The van der Waals surface area contributed by atoms with Gasteiger partial charge in [-0.1, -0.05) is 0 Å². The van der Waals surface area contributed by atoms with E-state index in [1.165, 1.54) is 0 Å². The van der Waals surface area contributed by atoms with Crippen molar-refractivity contribution in [1.82, 2.24) is 9.78 Å². The van der Waals surface area contributed by atoms with E-state index in [-0.39, 0.29) is 6.04 Å². The van der Waals surface area contributed by atoms with Crippen LogP contribution >= 0.6 is 27.7 Å². The van der Waals surface area contributed by atoms with Crippen LogP contribution in [0.15, 0.2) is 10.7 Å². The summed E-state index contributed by atoms with van der Waals surface area (Å²) in [6.45, 7) is 2.94. The zero-order chi connectivity index (χ0) is 10.6. The second-order valence-corrected chi connectivity index (χ2v) is 4.92. The highest BCUT2D eigenvalue weighted by Gasteiger charge is 2.14. The summed E-state index contributed by atoms with van der Waals surface area (Å²) in [5.74, 6) is 1.09. The highest BCUT2D eigenvalue weighted by atomic mass is 79.9. The minimum atomic E-state index is 0.0827. The maximum atomic E-state index is 6.10. The first kappa shape index (κ1) is 12.1. The predicted octanol–water partition coefficient (Wildman–Crippen LogP) is 2.42. The molecule has 0 fully saturated rings. The Kier molecular flexibility index (Phi) is 4.98. The second-order valence-electron chi connectivity index (χ2n) is 3.08. The molecule has 14 heavy (non-hydrogen) atoms. The number of nitrogens with zero attached hydrogens (tertiary/aromatic N) is 2. The SMILES string of the molecule is CCn1ncc(Br)c1C(N)CCSC. The zero-order valence-electron chi connectivity index (χ0n) is 8.53. The molecule has 1 atom stereocenters. The summed E-state index contributed by atoms with van der Waals surface area (Å²) in [6.07, 6.45) is 4.90. The molecule has 1 rings (SSSR count). The molecule has 0 spiro atoms. The third kappa shape index (κ3) is 2.74. The van der Waals surface area contributed by atoms with Crippen molar-refractivity contribution in [2.24, 2.45) is 5.73 Å². The van der Waals surface area contributed by atoms with E-state index in [0.717, 1.165) is 28.9 Å². The summed E-state index contributed by atoms with van der Waals surface area (Å²) in [5.41, 5.74) is 7.21. The molecule has 0 amide bonds. The number of aromatic nitrogens is 2. The highest BCUT2D eigenvalue weighted by Crippen LogP contribution is 2.24. The standard InChI is InChI=1S/C9H16BrN3S/c1-3-13-9(7(10)6-12-13)8(11)4-5-14-2/h6,8H,3-5,11H2,1-2H3. The van der Waals surface area contributed by atoms with Crippen LogP contribution < -0.4 is 5.73 Å². The highest BCUT2D eigenvalue weighted by molar-refractivity contribution is 9.10. The average molecular weight is 278 g/mol. The fourth-order valence-corrected chi connectivity index (χ4v) is 2.45. The zero-order valence-corrected chi connectivity index (χ0v) is 10.9. The van der Waals surface area contributed by atoms with E-state index in [4.69, 9.17) is 5.73 Å². The molecule has 0 aliphatic rings. The summed E-state index contributed by atoms with van der Waals surface area (Å²) in [6, 6.07) is 0.0827. The minimum absolute atomic E-state index is 0.0827. The van der Waals surface area contributed by atoms with E-state index in [2.05, 4.69) is 34.2 Å². The average Bonchev–Trinajstić information content (AvgIpc) is 2.56. The maximum absolute atomic E-state index is 6.10. The Balaban J connectivity index is 2.76. The molecule has 0 aliphatic heterocycles. The van der Waals surface area contributed by atoms with Crippen LogP contribution in [0.3, 0.4) is 0 Å². The van der Waals surface area contributed by atoms with E-state index in [0.29, 0.717) is 0 Å². The van der Waals surface area contributed by atoms with Gasteiger partial charge in [0.25, 0.3) is 0 Å². The van der Waals surface area contributed by atoms with Crippen molar-refractivity contribution in [1.29, 1.82) is 0 Å². The van der Waals surface area contributed by atoms with Gasteiger partial charge in [-0.2, -0.15) is 16.9 Å². The summed E-state index contributed by atoms with van der Waals surface area (Å²) in [4.78, 5) is 0. The van der Waals surface area contributed by atoms with Crippen LogP contribution in [0.4, 0.5) is 0 Å². The number of hydrogen-bond donors (Lipinski definition) is 1. The lowest BCUT2D eigenvalue weighted by Crippen LogP contribution is -2.17. The molecule has 0 bridgehead atoms. The molecule has 0 saturated carbocycles. The third-order valence-electron chi connectivity index (χ3n) is 2.12. The van der Waals surface area contributed by atoms with E-state index >= 15 is 0 Å². The molecule has 1 heterocycles. The van der Waals surface area contributed by atoms with Crippen molar-refractivity contribution in [2.45, 2.75) is 25.9 Å². The summed E-state index contributed by atoms with van der Waals surface area (Å²) in [7, 11) is 0. The molecular formula is C9H16BrN3S. The molecule has 3 nitrogen and oxygen atoms in total. The number of hydrogen-bond acceptors (Lipinski definition) is 3. The van der Waals surface area contributed by atoms with Gasteiger partial charge in [0, 0.05) is 12.6 Å². The van der Waals surface area contributed by atoms with Crippen LogP contribution in [0.2, 0.25) is 0 Å². The Morgan fingerprint density at radius 2 is 2.43 bits per heavy atom. The number of rotatable bonds is 5. The van der Waals surface area contributed by atoms with Gasteiger partial charge in [0.15, 0.2) is 0 Å². The fraction of sp³-hybridized carbons (Fsp3) is 0.667. The topological polar surface area (TPSA) is 43.8 Å². The lowest BCUT2D eigenvalue weighted by atomic mass is 10.2. The quantitative estimate of drug-likeness (QED) is 0.899. The number of aryl methyl sites for hydroxylation is 1. The Morgan fingerprint density at radius 1 is 1.71 bits per heavy atom. The molecule has 2 N–H and O–H groups in total. The fourth-order valence-electron chi connectivity index (χ4n) is 1.37. The van der Waals surface area contributed by atoms with Crippen molar-refractivity contribution >= 4 is 27.7 Å². The molecule has 1 aromatic rings. The molecule has 0 radical (unpaired) electrons. The van der Waals surface area contributed by atoms with E-state index in [1.807, 2.05) is 22.6 Å². The van der Waals surface area contributed by atoms with Crippen molar-refractivity contribution < 1.29 is 0 Å². The van der Waals surface area contributed by atoms with Gasteiger partial charge in [-0.15, -0.1) is 0 Å². The molecule has 0 aliphatic carbocycles. The first-order valence-corrected chi connectivity index (χ1v) is 6.85. The summed E-state index contributed by atoms with van der Waals surface area (Å²) < 4.78 is 2.97. The Morgan fingerprint density at radius 3 is 3.00 bits per heavy atom. The largest absolute Gasteiger partial charge is 0.323 e. The predicted molar refractivity (Wildman–Crippen MR) is 65.5 cm³/mol. The molecule has 80 valence electrons. The lowest BCUT2D eigenvalue weighted by Gasteiger charge is -2.13. The van der Waals surface area contributed by atoms with Gasteiger partial charge in [-0.25, -0.2) is 0 Å². The smallest absolute Gasteiger partial charge is 0.0693 e. The van der Waals surface area contributed by atoms with Crippen LogP contribution in [0.1, 0.15) is 25.1 Å². The van der Waals surface area contributed by atoms with Gasteiger partial charge >= 0.3 is 0 Å². The molecular weight excluding hydrogens is 262 g/mol. The van der Waals surface area contributed by atoms with Crippen molar-refractivity contribution in [3.63, 3.8) is 0 Å². The first-order valence-electron chi connectivity index (χ1n) is 4.66. The summed E-state index contributed by atoms with van der Waals surface area (Å²) >= 11 is 5.30.